The molecule has 0 N–H and O–H groups in total. The molecule has 2 heterocycles. The zero-order chi connectivity index (χ0) is 19.7. The Morgan fingerprint density at radius 2 is 1.96 bits per heavy atom. The standard InChI is InChI=1S/C22H19FN2O2S/c1-14-11-25(12-15(2)27-14)22-17(13-26)9-16(10-18(22)23)7-8-21-24-19-5-3-4-6-20(19)28-21/h3-6,9-10,13-15H,11-12H2,1-2H3. The second kappa shape index (κ2) is 7.70. The molecular formula is C22H19FN2O2S. The summed E-state index contributed by atoms with van der Waals surface area (Å²) in [6.45, 7) is 4.97. The Morgan fingerprint density at radius 3 is 2.68 bits per heavy atom. The Kier molecular flexibility index (Phi) is 5.12. The van der Waals surface area contributed by atoms with Crippen molar-refractivity contribution in [1.29, 1.82) is 0 Å². The van der Waals surface area contributed by atoms with Gasteiger partial charge in [-0.3, -0.25) is 4.79 Å². The number of morpholine rings is 1. The average molecular weight is 394 g/mol. The van der Waals surface area contributed by atoms with E-state index in [1.165, 1.54) is 17.4 Å². The second-order valence-corrected chi connectivity index (χ2v) is 7.94. The van der Waals surface area contributed by atoms with E-state index in [2.05, 4.69) is 16.8 Å². The largest absolute Gasteiger partial charge is 0.372 e. The van der Waals surface area contributed by atoms with Crippen LogP contribution < -0.4 is 4.90 Å². The van der Waals surface area contributed by atoms with Gasteiger partial charge in [0.15, 0.2) is 11.3 Å². The van der Waals surface area contributed by atoms with E-state index in [-0.39, 0.29) is 12.2 Å². The highest BCUT2D eigenvalue weighted by Crippen LogP contribution is 2.28. The summed E-state index contributed by atoms with van der Waals surface area (Å²) in [5, 5.41) is 0.661. The van der Waals surface area contributed by atoms with Crippen molar-refractivity contribution < 1.29 is 13.9 Å². The van der Waals surface area contributed by atoms with Crippen LogP contribution in [0.15, 0.2) is 36.4 Å². The molecule has 1 fully saturated rings. The van der Waals surface area contributed by atoms with Crippen molar-refractivity contribution in [3.05, 3.63) is 58.3 Å². The molecule has 0 amide bonds. The minimum atomic E-state index is -0.445. The van der Waals surface area contributed by atoms with Gasteiger partial charge in [-0.05, 0) is 44.0 Å². The van der Waals surface area contributed by atoms with E-state index in [0.29, 0.717) is 41.2 Å². The van der Waals surface area contributed by atoms with Gasteiger partial charge in [0.1, 0.15) is 5.82 Å². The quantitative estimate of drug-likeness (QED) is 0.481. The lowest BCUT2D eigenvalue weighted by Crippen LogP contribution is -2.46. The van der Waals surface area contributed by atoms with Gasteiger partial charge in [0.25, 0.3) is 0 Å². The number of benzene rings is 2. The first kappa shape index (κ1) is 18.6. The first-order chi connectivity index (χ1) is 13.5. The van der Waals surface area contributed by atoms with Crippen molar-refractivity contribution in [3.63, 3.8) is 0 Å². The van der Waals surface area contributed by atoms with Crippen LogP contribution >= 0.6 is 11.3 Å². The molecule has 2 atom stereocenters. The molecule has 2 unspecified atom stereocenters. The van der Waals surface area contributed by atoms with Crippen LogP contribution in [0.2, 0.25) is 0 Å². The number of carbonyl (C=O) groups excluding carboxylic acids is 1. The highest BCUT2D eigenvalue weighted by Gasteiger charge is 2.26. The second-order valence-electron chi connectivity index (χ2n) is 6.91. The molecule has 1 aliphatic rings. The van der Waals surface area contributed by atoms with Gasteiger partial charge >= 0.3 is 0 Å². The molecule has 0 spiro atoms. The minimum absolute atomic E-state index is 0.0267. The van der Waals surface area contributed by atoms with E-state index < -0.39 is 5.82 Å². The number of hydrogen-bond donors (Lipinski definition) is 0. The molecule has 0 bridgehead atoms. The number of carbonyl (C=O) groups is 1. The Hall–Kier alpha value is -2.75. The van der Waals surface area contributed by atoms with E-state index in [0.717, 1.165) is 10.2 Å². The molecular weight excluding hydrogens is 375 g/mol. The highest BCUT2D eigenvalue weighted by molar-refractivity contribution is 7.19. The lowest BCUT2D eigenvalue weighted by molar-refractivity contribution is -0.00543. The van der Waals surface area contributed by atoms with Crippen LogP contribution in [0.5, 0.6) is 0 Å². The van der Waals surface area contributed by atoms with Gasteiger partial charge in [0.05, 0.1) is 28.1 Å². The van der Waals surface area contributed by atoms with Crippen LogP contribution in [0, 0.1) is 17.7 Å². The van der Waals surface area contributed by atoms with Gasteiger partial charge in [-0.2, -0.15) is 0 Å². The topological polar surface area (TPSA) is 42.4 Å². The van der Waals surface area contributed by atoms with Crippen molar-refractivity contribution in [3.8, 4) is 11.8 Å². The molecule has 0 saturated carbocycles. The van der Waals surface area contributed by atoms with Crippen LogP contribution in [-0.4, -0.2) is 36.6 Å². The van der Waals surface area contributed by atoms with Crippen molar-refractivity contribution in [1.82, 2.24) is 4.98 Å². The SMILES string of the molecule is CC1CN(c2c(F)cc(C#Cc3nc4ccccc4s3)cc2C=O)CC(C)O1. The van der Waals surface area contributed by atoms with E-state index in [1.54, 1.807) is 6.07 Å². The van der Waals surface area contributed by atoms with E-state index in [9.17, 15) is 9.18 Å². The molecule has 2 aromatic carbocycles. The summed E-state index contributed by atoms with van der Waals surface area (Å²) in [5.74, 6) is 5.48. The normalized spacial score (nSPS) is 19.3. The number of thiazole rings is 1. The maximum Gasteiger partial charge on any atom is 0.168 e. The number of fused-ring (bicyclic) bond motifs is 1. The summed E-state index contributed by atoms with van der Waals surface area (Å²) < 4.78 is 21.7. The van der Waals surface area contributed by atoms with Crippen LogP contribution in [0.3, 0.4) is 0 Å². The third kappa shape index (κ3) is 3.77. The summed E-state index contributed by atoms with van der Waals surface area (Å²) in [6.07, 6.45) is 0.633. The molecule has 3 aromatic rings. The van der Waals surface area contributed by atoms with Gasteiger partial charge in [0.2, 0.25) is 0 Å². The number of nitrogens with zero attached hydrogens (tertiary/aromatic N) is 2. The Balaban J connectivity index is 1.67. The monoisotopic (exact) mass is 394 g/mol. The average Bonchev–Trinajstić information content (AvgIpc) is 3.08. The summed E-state index contributed by atoms with van der Waals surface area (Å²) in [5.41, 5.74) is 1.97. The number of ether oxygens (including phenoxy) is 1. The van der Waals surface area contributed by atoms with Gasteiger partial charge in [0, 0.05) is 24.2 Å². The fourth-order valence-corrected chi connectivity index (χ4v) is 4.35. The van der Waals surface area contributed by atoms with Gasteiger partial charge in [-0.1, -0.05) is 18.1 Å². The van der Waals surface area contributed by atoms with Crippen LogP contribution in [0.4, 0.5) is 10.1 Å². The number of halogens is 1. The zero-order valence-corrected chi connectivity index (χ0v) is 16.4. The Morgan fingerprint density at radius 1 is 1.21 bits per heavy atom. The number of hydrogen-bond acceptors (Lipinski definition) is 5. The number of rotatable bonds is 2. The van der Waals surface area contributed by atoms with Gasteiger partial charge in [-0.25, -0.2) is 9.37 Å². The molecule has 1 aromatic heterocycles. The first-order valence-corrected chi connectivity index (χ1v) is 9.92. The summed E-state index contributed by atoms with van der Waals surface area (Å²) in [7, 11) is 0. The molecule has 142 valence electrons. The Labute approximate surface area is 167 Å². The molecule has 1 aliphatic heterocycles. The smallest absolute Gasteiger partial charge is 0.168 e. The fourth-order valence-electron chi connectivity index (χ4n) is 3.53. The maximum absolute atomic E-state index is 14.9. The lowest BCUT2D eigenvalue weighted by Gasteiger charge is -2.37. The number of anilines is 1. The minimum Gasteiger partial charge on any atom is -0.372 e. The first-order valence-electron chi connectivity index (χ1n) is 9.10. The van der Waals surface area contributed by atoms with Crippen LogP contribution in [-0.2, 0) is 4.74 Å². The zero-order valence-electron chi connectivity index (χ0n) is 15.6. The highest BCUT2D eigenvalue weighted by atomic mass is 32.1. The van der Waals surface area contributed by atoms with Crippen molar-refractivity contribution in [2.75, 3.05) is 18.0 Å². The molecule has 28 heavy (non-hydrogen) atoms. The summed E-state index contributed by atoms with van der Waals surface area (Å²) >= 11 is 1.49. The molecule has 0 radical (unpaired) electrons. The van der Waals surface area contributed by atoms with Gasteiger partial charge < -0.3 is 9.64 Å². The van der Waals surface area contributed by atoms with Crippen molar-refractivity contribution in [2.45, 2.75) is 26.1 Å². The fraction of sp³-hybridized carbons (Fsp3) is 0.273. The van der Waals surface area contributed by atoms with Gasteiger partial charge in [-0.15, -0.1) is 11.3 Å². The maximum atomic E-state index is 14.9. The number of para-hydroxylation sites is 1. The predicted octanol–water partition coefficient (Wildman–Crippen LogP) is 4.26. The Bertz CT molecular complexity index is 1060. The molecule has 0 aliphatic carbocycles. The molecule has 6 heteroatoms. The van der Waals surface area contributed by atoms with E-state index in [1.807, 2.05) is 43.0 Å². The van der Waals surface area contributed by atoms with E-state index >= 15 is 0 Å². The van der Waals surface area contributed by atoms with Crippen molar-refractivity contribution in [2.24, 2.45) is 0 Å². The van der Waals surface area contributed by atoms with Crippen LogP contribution in [0.25, 0.3) is 10.2 Å². The number of aromatic nitrogens is 1. The number of aldehydes is 1. The third-order valence-corrected chi connectivity index (χ3v) is 5.52. The van der Waals surface area contributed by atoms with Crippen molar-refractivity contribution >= 4 is 33.5 Å². The molecule has 4 rings (SSSR count). The van der Waals surface area contributed by atoms with E-state index in [4.69, 9.17) is 4.74 Å². The van der Waals surface area contributed by atoms with Crippen LogP contribution in [0.1, 0.15) is 34.8 Å². The predicted molar refractivity (Wildman–Crippen MR) is 110 cm³/mol. The molecule has 1 saturated heterocycles. The third-order valence-electron chi connectivity index (χ3n) is 4.56. The lowest BCUT2D eigenvalue weighted by atomic mass is 10.1. The molecule has 4 nitrogen and oxygen atoms in total. The summed E-state index contributed by atoms with van der Waals surface area (Å²) in [4.78, 5) is 18.0. The summed E-state index contributed by atoms with van der Waals surface area (Å²) in [6, 6.07) is 10.8.